The van der Waals surface area contributed by atoms with Gasteiger partial charge in [-0.3, -0.25) is 9.59 Å². The van der Waals surface area contributed by atoms with Gasteiger partial charge in [-0.05, 0) is 54.2 Å². The van der Waals surface area contributed by atoms with E-state index in [-0.39, 0.29) is 23.8 Å². The Morgan fingerprint density at radius 2 is 1.69 bits per heavy atom. The van der Waals surface area contributed by atoms with Crippen LogP contribution in [0.5, 0.6) is 5.75 Å². The number of benzene rings is 2. The van der Waals surface area contributed by atoms with Crippen LogP contribution in [0, 0.1) is 0 Å². The second kappa shape index (κ2) is 10.3. The molecule has 0 aliphatic carbocycles. The van der Waals surface area contributed by atoms with Gasteiger partial charge in [0.15, 0.2) is 6.61 Å². The van der Waals surface area contributed by atoms with Gasteiger partial charge in [-0.1, -0.05) is 51.4 Å². The number of anilines is 2. The van der Waals surface area contributed by atoms with Crippen molar-refractivity contribution in [1.29, 1.82) is 0 Å². The fourth-order valence-corrected chi connectivity index (χ4v) is 2.86. The van der Waals surface area contributed by atoms with Crippen molar-refractivity contribution in [2.75, 3.05) is 17.2 Å². The van der Waals surface area contributed by atoms with E-state index in [0.29, 0.717) is 28.6 Å². The first-order valence-electron chi connectivity index (χ1n) is 9.87. The highest BCUT2D eigenvalue weighted by molar-refractivity contribution is 6.33. The molecule has 0 radical (unpaired) electrons. The first-order chi connectivity index (χ1) is 13.7. The molecule has 0 saturated heterocycles. The van der Waals surface area contributed by atoms with E-state index < -0.39 is 0 Å². The molecule has 0 aliphatic heterocycles. The summed E-state index contributed by atoms with van der Waals surface area (Å²) in [5.74, 6) is 0.217. The third kappa shape index (κ3) is 6.79. The number of amides is 2. The first-order valence-corrected chi connectivity index (χ1v) is 10.3. The van der Waals surface area contributed by atoms with Crippen LogP contribution < -0.4 is 15.4 Å². The topological polar surface area (TPSA) is 67.4 Å². The lowest BCUT2D eigenvalue weighted by Gasteiger charge is -2.23. The van der Waals surface area contributed by atoms with Gasteiger partial charge in [-0.15, -0.1) is 0 Å². The molecule has 0 fully saturated rings. The van der Waals surface area contributed by atoms with Crippen LogP contribution in [0.4, 0.5) is 11.4 Å². The number of carbonyl (C=O) groups is 2. The smallest absolute Gasteiger partial charge is 0.262 e. The van der Waals surface area contributed by atoms with Crippen LogP contribution in [0.15, 0.2) is 42.5 Å². The molecule has 2 rings (SSSR count). The maximum absolute atomic E-state index is 12.3. The Morgan fingerprint density at radius 3 is 2.31 bits per heavy atom. The third-order valence-electron chi connectivity index (χ3n) is 4.89. The van der Waals surface area contributed by atoms with E-state index >= 15 is 0 Å². The van der Waals surface area contributed by atoms with Crippen molar-refractivity contribution >= 4 is 34.8 Å². The normalized spacial score (nSPS) is 11.1. The van der Waals surface area contributed by atoms with E-state index in [1.807, 2.05) is 31.2 Å². The predicted molar refractivity (Wildman–Crippen MR) is 119 cm³/mol. The van der Waals surface area contributed by atoms with E-state index in [2.05, 4.69) is 31.4 Å². The number of halogens is 1. The van der Waals surface area contributed by atoms with Crippen LogP contribution in [0.25, 0.3) is 0 Å². The fourth-order valence-electron chi connectivity index (χ4n) is 2.69. The molecule has 0 aliphatic rings. The van der Waals surface area contributed by atoms with Crippen molar-refractivity contribution in [1.82, 2.24) is 0 Å². The maximum atomic E-state index is 12.3. The Morgan fingerprint density at radius 1 is 1.00 bits per heavy atom. The molecular weight excluding hydrogens is 388 g/mol. The SMILES string of the molecule is CCCC(=O)Nc1ccc(Cl)c(NC(=O)COc2ccc(C(C)(C)CC)cc2)c1. The predicted octanol–water partition coefficient (Wildman–Crippen LogP) is 5.78. The van der Waals surface area contributed by atoms with Crippen molar-refractivity contribution in [3.05, 3.63) is 53.1 Å². The second-order valence-electron chi connectivity index (χ2n) is 7.59. The van der Waals surface area contributed by atoms with E-state index in [0.717, 1.165) is 12.8 Å². The summed E-state index contributed by atoms with van der Waals surface area (Å²) < 4.78 is 5.58. The summed E-state index contributed by atoms with van der Waals surface area (Å²) in [5.41, 5.74) is 2.34. The highest BCUT2D eigenvalue weighted by Gasteiger charge is 2.17. The largest absolute Gasteiger partial charge is 0.484 e. The Hall–Kier alpha value is -2.53. The standard InChI is InChI=1S/C23H29ClN2O3/c1-5-7-21(27)25-17-10-13-19(24)20(14-17)26-22(28)15-29-18-11-8-16(9-12-18)23(3,4)6-2/h8-14H,5-7,15H2,1-4H3,(H,25,27)(H,26,28). The maximum Gasteiger partial charge on any atom is 0.262 e. The van der Waals surface area contributed by atoms with Gasteiger partial charge in [-0.25, -0.2) is 0 Å². The zero-order valence-electron chi connectivity index (χ0n) is 17.5. The van der Waals surface area contributed by atoms with Crippen LogP contribution in [-0.2, 0) is 15.0 Å². The lowest BCUT2D eigenvalue weighted by molar-refractivity contribution is -0.118. The molecule has 2 aromatic carbocycles. The van der Waals surface area contributed by atoms with Gasteiger partial charge in [0.2, 0.25) is 5.91 Å². The Balaban J connectivity index is 1.94. The molecule has 0 aromatic heterocycles. The minimum atomic E-state index is -0.332. The van der Waals surface area contributed by atoms with Crippen molar-refractivity contribution in [2.24, 2.45) is 0 Å². The van der Waals surface area contributed by atoms with Crippen LogP contribution in [0.1, 0.15) is 52.5 Å². The summed E-state index contributed by atoms with van der Waals surface area (Å²) >= 11 is 6.16. The van der Waals surface area contributed by atoms with Crippen LogP contribution in [0.2, 0.25) is 5.02 Å². The van der Waals surface area contributed by atoms with E-state index in [4.69, 9.17) is 16.3 Å². The van der Waals surface area contributed by atoms with Gasteiger partial charge in [0.05, 0.1) is 10.7 Å². The van der Waals surface area contributed by atoms with E-state index in [1.54, 1.807) is 18.2 Å². The van der Waals surface area contributed by atoms with Crippen LogP contribution in [0.3, 0.4) is 0 Å². The monoisotopic (exact) mass is 416 g/mol. The molecule has 6 heteroatoms. The zero-order valence-corrected chi connectivity index (χ0v) is 18.2. The van der Waals surface area contributed by atoms with Crippen molar-refractivity contribution < 1.29 is 14.3 Å². The second-order valence-corrected chi connectivity index (χ2v) is 8.00. The number of rotatable bonds is 9. The molecule has 0 saturated carbocycles. The molecule has 0 heterocycles. The minimum absolute atomic E-state index is 0.0786. The Bertz CT molecular complexity index is 848. The Labute approximate surface area is 177 Å². The molecule has 29 heavy (non-hydrogen) atoms. The van der Waals surface area contributed by atoms with Gasteiger partial charge in [0.25, 0.3) is 5.91 Å². The van der Waals surface area contributed by atoms with E-state index in [1.165, 1.54) is 5.56 Å². The van der Waals surface area contributed by atoms with Gasteiger partial charge in [-0.2, -0.15) is 0 Å². The molecule has 2 N–H and O–H groups in total. The van der Waals surface area contributed by atoms with Crippen LogP contribution in [-0.4, -0.2) is 18.4 Å². The highest BCUT2D eigenvalue weighted by atomic mass is 35.5. The summed E-state index contributed by atoms with van der Waals surface area (Å²) in [6.45, 7) is 8.34. The molecule has 2 aromatic rings. The average Bonchev–Trinajstić information content (AvgIpc) is 2.69. The van der Waals surface area contributed by atoms with Crippen LogP contribution >= 0.6 is 11.6 Å². The summed E-state index contributed by atoms with van der Waals surface area (Å²) in [7, 11) is 0. The third-order valence-corrected chi connectivity index (χ3v) is 5.22. The number of hydrogen-bond donors (Lipinski definition) is 2. The molecule has 2 amide bonds. The van der Waals surface area contributed by atoms with Crippen molar-refractivity contribution in [3.8, 4) is 5.75 Å². The summed E-state index contributed by atoms with van der Waals surface area (Å²) in [4.78, 5) is 24.0. The minimum Gasteiger partial charge on any atom is -0.484 e. The molecule has 5 nitrogen and oxygen atoms in total. The van der Waals surface area contributed by atoms with Gasteiger partial charge >= 0.3 is 0 Å². The van der Waals surface area contributed by atoms with Gasteiger partial charge in [0, 0.05) is 12.1 Å². The summed E-state index contributed by atoms with van der Waals surface area (Å²) in [5, 5.41) is 5.89. The Kier molecular flexibility index (Phi) is 8.09. The molecule has 0 atom stereocenters. The molecular formula is C23H29ClN2O3. The first kappa shape index (κ1) is 22.8. The lowest BCUT2D eigenvalue weighted by atomic mass is 9.82. The number of hydrogen-bond acceptors (Lipinski definition) is 3. The highest BCUT2D eigenvalue weighted by Crippen LogP contribution is 2.28. The van der Waals surface area contributed by atoms with Crippen molar-refractivity contribution in [3.63, 3.8) is 0 Å². The molecule has 0 bridgehead atoms. The lowest BCUT2D eigenvalue weighted by Crippen LogP contribution is -2.21. The zero-order chi connectivity index (χ0) is 21.4. The molecule has 0 unspecified atom stereocenters. The molecule has 156 valence electrons. The average molecular weight is 417 g/mol. The summed E-state index contributed by atoms with van der Waals surface area (Å²) in [6, 6.07) is 12.8. The summed E-state index contributed by atoms with van der Waals surface area (Å²) in [6.07, 6.45) is 2.23. The van der Waals surface area contributed by atoms with E-state index in [9.17, 15) is 9.59 Å². The fraction of sp³-hybridized carbons (Fsp3) is 0.391. The quantitative estimate of drug-likeness (QED) is 0.544. The number of carbonyl (C=O) groups excluding carboxylic acids is 2. The van der Waals surface area contributed by atoms with Gasteiger partial charge < -0.3 is 15.4 Å². The van der Waals surface area contributed by atoms with Crippen molar-refractivity contribution in [2.45, 2.75) is 52.4 Å². The number of nitrogens with one attached hydrogen (secondary N) is 2. The molecule has 0 spiro atoms. The van der Waals surface area contributed by atoms with Gasteiger partial charge in [0.1, 0.15) is 5.75 Å². The number of ether oxygens (including phenoxy) is 1.